The van der Waals surface area contributed by atoms with Gasteiger partial charge in [0.05, 0.1) is 15.6 Å². The zero-order chi connectivity index (χ0) is 22.9. The fourth-order valence-corrected chi connectivity index (χ4v) is 4.20. The van der Waals surface area contributed by atoms with Crippen molar-refractivity contribution < 1.29 is 14.6 Å². The van der Waals surface area contributed by atoms with Gasteiger partial charge in [0.2, 0.25) is 0 Å². The summed E-state index contributed by atoms with van der Waals surface area (Å²) in [6, 6.07) is 12.4. The predicted octanol–water partition coefficient (Wildman–Crippen LogP) is 5.60. The fourth-order valence-electron chi connectivity index (χ4n) is 3.14. The first-order valence-corrected chi connectivity index (χ1v) is 11.0. The molecule has 8 heteroatoms. The molecule has 0 aliphatic heterocycles. The summed E-state index contributed by atoms with van der Waals surface area (Å²) >= 11 is 1.64. The Morgan fingerprint density at radius 2 is 1.78 bits per heavy atom. The van der Waals surface area contributed by atoms with E-state index in [1.807, 2.05) is 24.3 Å². The lowest BCUT2D eigenvalue weighted by Gasteiger charge is -2.18. The van der Waals surface area contributed by atoms with Crippen LogP contribution in [0.15, 0.2) is 48.8 Å². The third-order valence-electron chi connectivity index (χ3n) is 5.07. The predicted molar refractivity (Wildman–Crippen MR) is 127 cm³/mol. The molecule has 0 atom stereocenters. The van der Waals surface area contributed by atoms with E-state index in [-0.39, 0.29) is 12.6 Å². The van der Waals surface area contributed by atoms with Gasteiger partial charge >= 0.3 is 12.0 Å². The maximum atomic E-state index is 11.2. The summed E-state index contributed by atoms with van der Waals surface area (Å²) in [7, 11) is 0. The Hall–Kier alpha value is -3.52. The molecule has 0 saturated heterocycles. The molecule has 7 nitrogen and oxygen atoms in total. The molecule has 0 aliphatic rings. The number of rotatable bonds is 7. The van der Waals surface area contributed by atoms with Gasteiger partial charge in [-0.05, 0) is 62.6 Å². The van der Waals surface area contributed by atoms with Crippen LogP contribution in [-0.4, -0.2) is 32.6 Å². The normalized spacial score (nSPS) is 11.5. The van der Waals surface area contributed by atoms with Gasteiger partial charge in [-0.15, -0.1) is 0 Å². The third-order valence-corrected chi connectivity index (χ3v) is 5.99. The molecule has 2 heterocycles. The van der Waals surface area contributed by atoms with Crippen molar-refractivity contribution in [2.75, 3.05) is 11.9 Å². The highest BCUT2D eigenvalue weighted by Crippen LogP contribution is 2.31. The summed E-state index contributed by atoms with van der Waals surface area (Å²) in [6.07, 6.45) is 3.33. The number of carbonyl (C=O) groups is 1. The van der Waals surface area contributed by atoms with Gasteiger partial charge in [-0.3, -0.25) is 4.79 Å². The molecule has 32 heavy (non-hydrogen) atoms. The summed E-state index contributed by atoms with van der Waals surface area (Å²) in [4.78, 5) is 24.3. The molecule has 0 spiro atoms. The number of aromatic nitrogens is 3. The minimum Gasteiger partial charge on any atom is -0.481 e. The van der Waals surface area contributed by atoms with Crippen LogP contribution in [0.5, 0.6) is 6.01 Å². The minimum absolute atomic E-state index is 0.00704. The SMILES string of the molecule is Cc1cc(C)c2nc(Nc3ccc(-c4cnc(OCC(C)(C)C(=O)O)nc4)cc3)sc2c1. The van der Waals surface area contributed by atoms with Crippen LogP contribution >= 0.6 is 11.3 Å². The van der Waals surface area contributed by atoms with Crippen LogP contribution in [0.2, 0.25) is 0 Å². The Morgan fingerprint density at radius 1 is 1.09 bits per heavy atom. The Kier molecular flexibility index (Phi) is 5.80. The maximum Gasteiger partial charge on any atom is 0.316 e. The number of aryl methyl sites for hydroxylation is 2. The first-order valence-electron chi connectivity index (χ1n) is 10.1. The van der Waals surface area contributed by atoms with Crippen LogP contribution in [0.4, 0.5) is 10.8 Å². The van der Waals surface area contributed by atoms with Crippen molar-refractivity contribution in [1.82, 2.24) is 15.0 Å². The van der Waals surface area contributed by atoms with Crippen molar-refractivity contribution in [3.05, 3.63) is 59.9 Å². The highest BCUT2D eigenvalue weighted by molar-refractivity contribution is 7.22. The van der Waals surface area contributed by atoms with Crippen molar-refractivity contribution in [2.45, 2.75) is 27.7 Å². The molecule has 4 rings (SSSR count). The summed E-state index contributed by atoms with van der Waals surface area (Å²) in [6.45, 7) is 7.36. The quantitative estimate of drug-likeness (QED) is 0.380. The molecule has 0 saturated carbocycles. The van der Waals surface area contributed by atoms with Crippen molar-refractivity contribution in [3.63, 3.8) is 0 Å². The second kappa shape index (κ2) is 8.55. The number of nitrogens with one attached hydrogen (secondary N) is 1. The van der Waals surface area contributed by atoms with Gasteiger partial charge in [-0.1, -0.05) is 29.5 Å². The number of fused-ring (bicyclic) bond motifs is 1. The van der Waals surface area contributed by atoms with Gasteiger partial charge in [0.25, 0.3) is 0 Å². The molecule has 4 aromatic rings. The molecule has 2 aromatic carbocycles. The van der Waals surface area contributed by atoms with E-state index in [1.54, 1.807) is 37.6 Å². The van der Waals surface area contributed by atoms with Gasteiger partial charge in [-0.2, -0.15) is 0 Å². The zero-order valence-corrected chi connectivity index (χ0v) is 19.2. The molecular formula is C24H24N4O3S. The van der Waals surface area contributed by atoms with Crippen LogP contribution in [0.25, 0.3) is 21.3 Å². The fraction of sp³-hybridized carbons (Fsp3) is 0.250. The van der Waals surface area contributed by atoms with Gasteiger partial charge in [0, 0.05) is 23.6 Å². The second-order valence-electron chi connectivity index (χ2n) is 8.38. The largest absolute Gasteiger partial charge is 0.481 e. The van der Waals surface area contributed by atoms with Gasteiger partial charge in [-0.25, -0.2) is 15.0 Å². The van der Waals surface area contributed by atoms with Crippen LogP contribution in [0, 0.1) is 19.3 Å². The molecule has 0 bridgehead atoms. The molecule has 0 amide bonds. The van der Waals surface area contributed by atoms with Crippen LogP contribution in [0.3, 0.4) is 0 Å². The molecule has 0 radical (unpaired) electrons. The molecular weight excluding hydrogens is 424 g/mol. The van der Waals surface area contributed by atoms with Gasteiger partial charge in [0.15, 0.2) is 5.13 Å². The van der Waals surface area contributed by atoms with E-state index in [4.69, 9.17) is 14.8 Å². The number of hydrogen-bond acceptors (Lipinski definition) is 7. The van der Waals surface area contributed by atoms with E-state index in [2.05, 4.69) is 41.3 Å². The van der Waals surface area contributed by atoms with Crippen molar-refractivity contribution in [1.29, 1.82) is 0 Å². The minimum atomic E-state index is -1.01. The number of anilines is 2. The second-order valence-corrected chi connectivity index (χ2v) is 9.41. The van der Waals surface area contributed by atoms with Crippen LogP contribution < -0.4 is 10.1 Å². The number of benzene rings is 2. The number of thiazole rings is 1. The van der Waals surface area contributed by atoms with E-state index >= 15 is 0 Å². The first-order chi connectivity index (χ1) is 15.2. The van der Waals surface area contributed by atoms with E-state index < -0.39 is 11.4 Å². The van der Waals surface area contributed by atoms with Crippen molar-refractivity contribution in [2.24, 2.45) is 5.41 Å². The Labute approximate surface area is 190 Å². The lowest BCUT2D eigenvalue weighted by atomic mass is 9.95. The lowest BCUT2D eigenvalue weighted by molar-refractivity contribution is -0.148. The summed E-state index contributed by atoms with van der Waals surface area (Å²) < 4.78 is 6.60. The van der Waals surface area contributed by atoms with Gasteiger partial charge in [0.1, 0.15) is 6.61 Å². The Bertz CT molecular complexity index is 1270. The summed E-state index contributed by atoms with van der Waals surface area (Å²) in [5.41, 5.74) is 5.18. The first kappa shape index (κ1) is 21.7. The third kappa shape index (κ3) is 4.70. The maximum absolute atomic E-state index is 11.2. The number of hydrogen-bond donors (Lipinski definition) is 2. The highest BCUT2D eigenvalue weighted by atomic mass is 32.1. The Morgan fingerprint density at radius 3 is 2.44 bits per heavy atom. The summed E-state index contributed by atoms with van der Waals surface area (Å²) in [5, 5.41) is 13.4. The molecule has 0 aliphatic carbocycles. The molecule has 164 valence electrons. The average Bonchev–Trinajstić information content (AvgIpc) is 3.16. The van der Waals surface area contributed by atoms with Crippen molar-refractivity contribution in [3.8, 4) is 17.1 Å². The monoisotopic (exact) mass is 448 g/mol. The molecule has 2 aromatic heterocycles. The number of aliphatic carboxylic acids is 1. The number of ether oxygens (including phenoxy) is 1. The number of carboxylic acids is 1. The average molecular weight is 449 g/mol. The smallest absolute Gasteiger partial charge is 0.316 e. The van der Waals surface area contributed by atoms with E-state index in [9.17, 15) is 4.79 Å². The topological polar surface area (TPSA) is 97.2 Å². The standard InChI is InChI=1S/C24H24N4O3S/c1-14-9-15(2)20-19(10-14)32-23(28-20)27-18-7-5-16(6-8-18)17-11-25-22(26-12-17)31-13-24(3,4)21(29)30/h5-12H,13H2,1-4H3,(H,27,28)(H,29,30). The van der Waals surface area contributed by atoms with E-state index in [0.29, 0.717) is 0 Å². The number of nitrogens with zero attached hydrogens (tertiary/aromatic N) is 3. The molecule has 0 unspecified atom stereocenters. The Balaban J connectivity index is 1.43. The van der Waals surface area contributed by atoms with E-state index in [0.717, 1.165) is 27.5 Å². The number of carboxylic acid groups (broad SMARTS) is 1. The van der Waals surface area contributed by atoms with Crippen molar-refractivity contribution >= 4 is 38.3 Å². The van der Waals surface area contributed by atoms with Gasteiger partial charge < -0.3 is 15.2 Å². The van der Waals surface area contributed by atoms with Crippen LogP contribution in [-0.2, 0) is 4.79 Å². The zero-order valence-electron chi connectivity index (χ0n) is 18.3. The molecule has 0 fully saturated rings. The lowest BCUT2D eigenvalue weighted by Crippen LogP contribution is -2.31. The molecule has 2 N–H and O–H groups in total. The highest BCUT2D eigenvalue weighted by Gasteiger charge is 2.28. The van der Waals surface area contributed by atoms with E-state index in [1.165, 1.54) is 15.8 Å². The van der Waals surface area contributed by atoms with Crippen LogP contribution in [0.1, 0.15) is 25.0 Å². The summed E-state index contributed by atoms with van der Waals surface area (Å²) in [5.74, 6) is -0.932.